The Morgan fingerprint density at radius 3 is 1.73 bits per heavy atom. The molecular formula is C20H16NRf-. The van der Waals surface area contributed by atoms with Crippen LogP contribution in [0.1, 0.15) is 11.1 Å². The predicted octanol–water partition coefficient (Wildman–Crippen LogP) is 5.20. The zero-order valence-corrected chi connectivity index (χ0v) is 19.3. The van der Waals surface area contributed by atoms with Crippen LogP contribution in [0.3, 0.4) is 0 Å². The van der Waals surface area contributed by atoms with Gasteiger partial charge < -0.3 is 4.57 Å². The van der Waals surface area contributed by atoms with E-state index in [9.17, 15) is 0 Å². The predicted molar refractivity (Wildman–Crippen MR) is 89.1 cm³/mol. The molecule has 0 unspecified atom stereocenters. The minimum atomic E-state index is 0. The first-order chi connectivity index (χ1) is 10.2. The molecule has 0 saturated carbocycles. The monoisotopic (exact) mass is 537 g/mol. The molecule has 3 aromatic carbocycles. The number of aromatic nitrogens is 1. The summed E-state index contributed by atoms with van der Waals surface area (Å²) in [4.78, 5) is 0. The van der Waals surface area contributed by atoms with Crippen molar-refractivity contribution in [3.8, 4) is 5.69 Å². The Bertz CT molecular complexity index is 892. The Balaban J connectivity index is 0.00000144. The molecule has 0 spiro atoms. The molecule has 0 bridgehead atoms. The van der Waals surface area contributed by atoms with Gasteiger partial charge in [0.05, 0.1) is 11.0 Å². The maximum absolute atomic E-state index is 3.10. The number of hydrogen-bond donors (Lipinski definition) is 0. The van der Waals surface area contributed by atoms with Crippen LogP contribution in [0.25, 0.3) is 27.5 Å². The number of benzene rings is 3. The van der Waals surface area contributed by atoms with Crippen molar-refractivity contribution in [3.05, 3.63) is 77.9 Å². The molecule has 0 aliphatic rings. The standard InChI is InChI=1S/C20H16N.Rf/c1-14-8-10-17-18-11-9-15(2)13-20(18)21(19(17)12-14)16-6-4-3-5-7-16;/h4-13H,1-2H3;/q-1;. The number of rotatable bonds is 1. The number of nitrogens with zero attached hydrogens (tertiary/aromatic N) is 1. The van der Waals surface area contributed by atoms with Crippen LogP contribution in [0.4, 0.5) is 0 Å². The van der Waals surface area contributed by atoms with Gasteiger partial charge in [-0.1, -0.05) is 30.0 Å². The van der Waals surface area contributed by atoms with E-state index in [1.807, 2.05) is 12.1 Å². The summed E-state index contributed by atoms with van der Waals surface area (Å²) >= 11 is 0. The van der Waals surface area contributed by atoms with Gasteiger partial charge >= 0.3 is 0 Å². The average Bonchev–Trinajstić information content (AvgIpc) is 2.80. The molecule has 104 valence electrons. The molecular weight excluding hydrogens is 521 g/mol. The van der Waals surface area contributed by atoms with Gasteiger partial charge in [0.25, 0.3) is 0 Å². The zero-order chi connectivity index (χ0) is 14.4. The van der Waals surface area contributed by atoms with E-state index < -0.39 is 0 Å². The Morgan fingerprint density at radius 1 is 0.727 bits per heavy atom. The van der Waals surface area contributed by atoms with E-state index in [0.29, 0.717) is 0 Å². The van der Waals surface area contributed by atoms with E-state index in [2.05, 4.69) is 73.0 Å². The third-order valence-electron chi connectivity index (χ3n) is 4.04. The maximum Gasteiger partial charge on any atom is 0.0521 e. The smallest absolute Gasteiger partial charge is 0.0521 e. The van der Waals surface area contributed by atoms with Gasteiger partial charge in [-0.2, -0.15) is 18.2 Å². The van der Waals surface area contributed by atoms with Crippen molar-refractivity contribution in [2.24, 2.45) is 0 Å². The van der Waals surface area contributed by atoms with Crippen molar-refractivity contribution >= 4 is 21.8 Å². The molecule has 4 aromatic rings. The number of hydrogen-bond acceptors (Lipinski definition) is 0. The van der Waals surface area contributed by atoms with Crippen molar-refractivity contribution in [3.63, 3.8) is 0 Å². The van der Waals surface area contributed by atoms with Gasteiger partial charge in [0.15, 0.2) is 0 Å². The first kappa shape index (κ1) is 13.4. The van der Waals surface area contributed by atoms with Crippen LogP contribution in [-0.4, -0.2) is 4.57 Å². The minimum Gasteiger partial charge on any atom is -0.333 e. The molecule has 22 heavy (non-hydrogen) atoms. The van der Waals surface area contributed by atoms with E-state index >= 15 is 0 Å². The van der Waals surface area contributed by atoms with E-state index in [1.54, 1.807) is 0 Å². The average molecular weight is 537 g/mol. The van der Waals surface area contributed by atoms with Crippen molar-refractivity contribution in [1.29, 1.82) is 0 Å². The van der Waals surface area contributed by atoms with Gasteiger partial charge in [0.1, 0.15) is 0 Å². The van der Waals surface area contributed by atoms with E-state index in [-0.39, 0.29) is 0 Å². The third-order valence-corrected chi connectivity index (χ3v) is 4.04. The van der Waals surface area contributed by atoms with E-state index in [4.69, 9.17) is 0 Å². The minimum absolute atomic E-state index is 0. The SMILES string of the molecule is Cc1ccc2c3ccc(C)cc3n(-c3cc[c-]cc3)c2c1.[Rf]. The molecule has 0 aliphatic heterocycles. The molecule has 0 fully saturated rings. The Labute approximate surface area is 124 Å². The van der Waals surface area contributed by atoms with Crippen molar-refractivity contribution in [2.75, 3.05) is 0 Å². The van der Waals surface area contributed by atoms with Crippen LogP contribution in [0, 0.1) is 19.9 Å². The van der Waals surface area contributed by atoms with Gasteiger partial charge in [-0.3, -0.25) is 0 Å². The molecule has 0 radical (unpaired) electrons. The molecule has 0 aliphatic carbocycles. The summed E-state index contributed by atoms with van der Waals surface area (Å²) in [5.74, 6) is 0. The van der Waals surface area contributed by atoms with Gasteiger partial charge in [-0.05, 0) is 37.1 Å². The molecule has 1 heterocycles. The Hall–Kier alpha value is -3.54. The van der Waals surface area contributed by atoms with Crippen LogP contribution in [0.2, 0.25) is 0 Å². The van der Waals surface area contributed by atoms with Crippen LogP contribution in [0.5, 0.6) is 0 Å². The van der Waals surface area contributed by atoms with Gasteiger partial charge in [0.2, 0.25) is 0 Å². The summed E-state index contributed by atoms with van der Waals surface area (Å²) in [6.45, 7) is 4.29. The fraction of sp³-hybridized carbons (Fsp3) is 0.100. The third kappa shape index (κ3) is 1.82. The van der Waals surface area contributed by atoms with Crippen molar-refractivity contribution in [2.45, 2.75) is 13.8 Å². The van der Waals surface area contributed by atoms with Crippen molar-refractivity contribution < 1.29 is 0 Å². The van der Waals surface area contributed by atoms with Gasteiger partial charge in [-0.15, -0.1) is 12.1 Å². The fourth-order valence-corrected chi connectivity index (χ4v) is 3.04. The molecule has 1 nitrogen and oxygen atoms in total. The zero-order valence-electron chi connectivity index (χ0n) is 12.9. The van der Waals surface area contributed by atoms with E-state index in [1.165, 1.54) is 38.6 Å². The van der Waals surface area contributed by atoms with Gasteiger partial charge in [-0.25, -0.2) is 0 Å². The van der Waals surface area contributed by atoms with Crippen molar-refractivity contribution in [1.82, 2.24) is 4.57 Å². The molecule has 4 rings (SSSR count). The quantitative estimate of drug-likeness (QED) is 0.295. The second-order valence-corrected chi connectivity index (χ2v) is 5.63. The van der Waals surface area contributed by atoms with Crippen LogP contribution < -0.4 is 0 Å². The Morgan fingerprint density at radius 2 is 1.23 bits per heavy atom. The molecule has 2 heteroatoms. The first-order valence-corrected chi connectivity index (χ1v) is 7.22. The maximum atomic E-state index is 3.10. The Kier molecular flexibility index (Phi) is 2.92. The van der Waals surface area contributed by atoms with Crippen LogP contribution >= 0.6 is 0 Å². The van der Waals surface area contributed by atoms with Crippen LogP contribution in [0.15, 0.2) is 60.7 Å². The second-order valence-electron chi connectivity index (χ2n) is 5.63. The summed E-state index contributed by atoms with van der Waals surface area (Å²) in [5, 5.41) is 2.62. The number of aryl methyl sites for hydroxylation is 2. The molecule has 0 atom stereocenters. The van der Waals surface area contributed by atoms with Crippen LogP contribution in [-0.2, 0) is 0 Å². The fourth-order valence-electron chi connectivity index (χ4n) is 3.04. The summed E-state index contributed by atoms with van der Waals surface area (Å²) in [6, 6.07) is 24.6. The summed E-state index contributed by atoms with van der Waals surface area (Å²) < 4.78 is 2.35. The first-order valence-electron chi connectivity index (χ1n) is 7.22. The molecule has 1 aromatic heterocycles. The molecule has 0 saturated heterocycles. The summed E-state index contributed by atoms with van der Waals surface area (Å²) in [5.41, 5.74) is 6.28. The number of fused-ring (bicyclic) bond motifs is 3. The summed E-state index contributed by atoms with van der Waals surface area (Å²) in [6.07, 6.45) is 0. The molecule has 0 amide bonds. The van der Waals surface area contributed by atoms with E-state index in [0.717, 1.165) is 0 Å². The molecule has 0 N–H and O–H groups in total. The second kappa shape index (κ2) is 4.78. The van der Waals surface area contributed by atoms with Gasteiger partial charge in [0, 0.05) is 10.8 Å². The largest absolute Gasteiger partial charge is 0.333 e. The normalized spacial score (nSPS) is 10.8. The summed E-state index contributed by atoms with van der Waals surface area (Å²) in [7, 11) is 0. The topological polar surface area (TPSA) is 4.93 Å².